The van der Waals surface area contributed by atoms with Gasteiger partial charge >= 0.3 is 12.4 Å². The number of nitrogens with zero attached hydrogens (tertiary/aromatic N) is 2. The highest BCUT2D eigenvalue weighted by atomic mass is 35.5. The molecule has 1 atom stereocenters. The first kappa shape index (κ1) is 35.1. The van der Waals surface area contributed by atoms with Gasteiger partial charge in [0.1, 0.15) is 0 Å². The molecule has 244 valence electrons. The lowest BCUT2D eigenvalue weighted by molar-refractivity contribution is -0.143. The van der Waals surface area contributed by atoms with Crippen LogP contribution >= 0.6 is 23.2 Å². The molecule has 1 fully saturated rings. The molecule has 1 saturated heterocycles. The van der Waals surface area contributed by atoms with Gasteiger partial charge in [-0.05, 0) is 85.8 Å². The van der Waals surface area contributed by atoms with Gasteiger partial charge < -0.3 is 15.1 Å². The second-order valence-corrected chi connectivity index (χ2v) is 12.6. The smallest absolute Gasteiger partial charge is 0.347 e. The molecule has 1 amide bonds. The van der Waals surface area contributed by atoms with E-state index in [2.05, 4.69) is 10.2 Å². The summed E-state index contributed by atoms with van der Waals surface area (Å²) in [5, 5.41) is 3.90. The lowest BCUT2D eigenvalue weighted by atomic mass is 9.80. The van der Waals surface area contributed by atoms with E-state index in [9.17, 15) is 31.1 Å². The van der Waals surface area contributed by atoms with Crippen LogP contribution < -0.4 is 5.32 Å². The number of nitrogens with one attached hydrogen (secondary N) is 1. The molecule has 0 saturated carbocycles. The molecule has 45 heavy (non-hydrogen) atoms. The van der Waals surface area contributed by atoms with Crippen LogP contribution in [0.1, 0.15) is 59.9 Å². The molecule has 3 aromatic carbocycles. The van der Waals surface area contributed by atoms with Crippen molar-refractivity contribution in [3.8, 4) is 0 Å². The minimum absolute atomic E-state index is 0.0845. The number of hydrogen-bond acceptors (Lipinski definition) is 3. The van der Waals surface area contributed by atoms with Crippen molar-refractivity contribution in [1.82, 2.24) is 15.1 Å². The Morgan fingerprint density at radius 2 is 1.51 bits per heavy atom. The highest BCUT2D eigenvalue weighted by molar-refractivity contribution is 6.42. The van der Waals surface area contributed by atoms with Gasteiger partial charge in [0.15, 0.2) is 0 Å². The number of rotatable bonds is 10. The average Bonchev–Trinajstić information content (AvgIpc) is 2.96. The van der Waals surface area contributed by atoms with Crippen LogP contribution in [0, 0.1) is 0 Å². The van der Waals surface area contributed by atoms with Crippen LogP contribution in [-0.4, -0.2) is 48.9 Å². The van der Waals surface area contributed by atoms with E-state index in [-0.39, 0.29) is 30.0 Å². The summed E-state index contributed by atoms with van der Waals surface area (Å²) in [4.78, 5) is 16.1. The molecule has 1 aliphatic heterocycles. The number of hydrogen-bond donors (Lipinski definition) is 1. The van der Waals surface area contributed by atoms with Crippen molar-refractivity contribution in [2.24, 2.45) is 0 Å². The van der Waals surface area contributed by atoms with Crippen LogP contribution in [0.3, 0.4) is 0 Å². The summed E-state index contributed by atoms with van der Waals surface area (Å²) in [6, 6.07) is 16.8. The summed E-state index contributed by atoms with van der Waals surface area (Å²) in [6.45, 7) is 3.88. The van der Waals surface area contributed by atoms with Gasteiger partial charge in [-0.2, -0.15) is 26.3 Å². The van der Waals surface area contributed by atoms with E-state index < -0.39 is 29.0 Å². The number of likely N-dealkylation sites (tertiary alicyclic amines) is 1. The highest BCUT2D eigenvalue weighted by Gasteiger charge is 2.38. The van der Waals surface area contributed by atoms with E-state index in [4.69, 9.17) is 23.2 Å². The number of piperidine rings is 1. The highest BCUT2D eigenvalue weighted by Crippen LogP contribution is 2.37. The van der Waals surface area contributed by atoms with Gasteiger partial charge in [0.2, 0.25) is 5.91 Å². The van der Waals surface area contributed by atoms with Crippen molar-refractivity contribution in [1.29, 1.82) is 0 Å². The molecule has 4 rings (SSSR count). The van der Waals surface area contributed by atoms with E-state index in [0.29, 0.717) is 42.4 Å². The van der Waals surface area contributed by atoms with Crippen molar-refractivity contribution in [2.45, 2.75) is 56.5 Å². The Morgan fingerprint density at radius 1 is 0.911 bits per heavy atom. The van der Waals surface area contributed by atoms with Crippen LogP contribution in [0.25, 0.3) is 0 Å². The standard InChI is InChI=1S/C33H35Cl2F6N3O/c1-22(45)42-31(26-6-4-3-5-7-26)11-14-44(15-12-31)13-10-25(24-8-9-29(34)30(35)18-24)21-43(2)20-23-16-27(32(36,37)38)19-28(17-23)33(39,40)41/h3-9,16-19,25H,10-15,20-21H2,1-2H3,(H,42,45). The summed E-state index contributed by atoms with van der Waals surface area (Å²) in [7, 11) is 1.67. The van der Waals surface area contributed by atoms with Crippen molar-refractivity contribution < 1.29 is 31.1 Å². The Kier molecular flexibility index (Phi) is 11.2. The number of benzene rings is 3. The Hall–Kier alpha value is -2.79. The molecule has 0 aliphatic carbocycles. The van der Waals surface area contributed by atoms with Gasteiger partial charge in [0.25, 0.3) is 0 Å². The maximum Gasteiger partial charge on any atom is 0.416 e. The molecule has 0 aromatic heterocycles. The quantitative estimate of drug-likeness (QED) is 0.219. The third-order valence-electron chi connectivity index (χ3n) is 8.29. The average molecular weight is 675 g/mol. The summed E-state index contributed by atoms with van der Waals surface area (Å²) >= 11 is 12.5. The Bertz CT molecular complexity index is 1420. The van der Waals surface area contributed by atoms with E-state index in [1.165, 1.54) is 6.92 Å². The van der Waals surface area contributed by atoms with Gasteiger partial charge in [-0.3, -0.25) is 4.79 Å². The van der Waals surface area contributed by atoms with Crippen molar-refractivity contribution >= 4 is 29.1 Å². The zero-order chi connectivity index (χ0) is 33.0. The number of likely N-dealkylation sites (N-methyl/N-ethyl adjacent to an activating group) is 1. The van der Waals surface area contributed by atoms with Gasteiger partial charge in [-0.1, -0.05) is 59.6 Å². The molecule has 1 N–H and O–H groups in total. The SMILES string of the molecule is CC(=O)NC1(c2ccccc2)CCN(CCC(CN(C)Cc2cc(C(F)(F)F)cc(C(F)(F)F)c2)c2ccc(Cl)c(Cl)c2)CC1. The molecular formula is C33H35Cl2F6N3O. The molecule has 0 radical (unpaired) electrons. The number of amides is 1. The normalized spacial score (nSPS) is 16.5. The first-order valence-electron chi connectivity index (χ1n) is 14.5. The Balaban J connectivity index is 1.49. The van der Waals surface area contributed by atoms with Crippen LogP contribution in [0.4, 0.5) is 26.3 Å². The Labute approximate surface area is 269 Å². The molecule has 1 unspecified atom stereocenters. The molecule has 3 aromatic rings. The van der Waals surface area contributed by atoms with Gasteiger partial charge in [0, 0.05) is 33.1 Å². The second kappa shape index (κ2) is 14.3. The summed E-state index contributed by atoms with van der Waals surface area (Å²) in [5.74, 6) is -0.244. The van der Waals surface area contributed by atoms with E-state index in [0.717, 1.165) is 36.3 Å². The molecule has 1 aliphatic rings. The van der Waals surface area contributed by atoms with Crippen molar-refractivity contribution in [3.05, 3.63) is 105 Å². The van der Waals surface area contributed by atoms with E-state index >= 15 is 0 Å². The van der Waals surface area contributed by atoms with Crippen LogP contribution in [0.2, 0.25) is 10.0 Å². The van der Waals surface area contributed by atoms with Crippen LogP contribution in [0.15, 0.2) is 66.7 Å². The molecule has 0 bridgehead atoms. The zero-order valence-corrected chi connectivity index (χ0v) is 26.4. The maximum atomic E-state index is 13.4. The fraction of sp³-hybridized carbons (Fsp3) is 0.424. The molecule has 0 spiro atoms. The van der Waals surface area contributed by atoms with Gasteiger partial charge in [-0.25, -0.2) is 0 Å². The predicted octanol–water partition coefficient (Wildman–Crippen LogP) is 8.76. The van der Waals surface area contributed by atoms with Crippen molar-refractivity contribution in [3.63, 3.8) is 0 Å². The van der Waals surface area contributed by atoms with Gasteiger partial charge in [-0.15, -0.1) is 0 Å². The second-order valence-electron chi connectivity index (χ2n) is 11.7. The molecule has 12 heteroatoms. The summed E-state index contributed by atoms with van der Waals surface area (Å²) < 4.78 is 80.6. The lowest BCUT2D eigenvalue weighted by Crippen LogP contribution is -2.52. The zero-order valence-electron chi connectivity index (χ0n) is 24.9. The Morgan fingerprint density at radius 3 is 2.04 bits per heavy atom. The monoisotopic (exact) mass is 673 g/mol. The van der Waals surface area contributed by atoms with Gasteiger partial charge in [0.05, 0.1) is 26.7 Å². The van der Waals surface area contributed by atoms with E-state index in [1.54, 1.807) is 24.1 Å². The number of carbonyl (C=O) groups is 1. The fourth-order valence-electron chi connectivity index (χ4n) is 6.07. The third-order valence-corrected chi connectivity index (χ3v) is 9.03. The molecular weight excluding hydrogens is 639 g/mol. The maximum absolute atomic E-state index is 13.4. The molecule has 4 nitrogen and oxygen atoms in total. The number of alkyl halides is 6. The minimum Gasteiger partial charge on any atom is -0.347 e. The summed E-state index contributed by atoms with van der Waals surface area (Å²) in [5.41, 5.74) is -1.30. The number of halogens is 8. The third kappa shape index (κ3) is 9.37. The summed E-state index contributed by atoms with van der Waals surface area (Å²) in [6.07, 6.45) is -7.75. The van der Waals surface area contributed by atoms with Crippen molar-refractivity contribution in [2.75, 3.05) is 33.2 Å². The fourth-order valence-corrected chi connectivity index (χ4v) is 6.38. The first-order chi connectivity index (χ1) is 21.1. The first-order valence-corrected chi connectivity index (χ1v) is 15.3. The molecule has 1 heterocycles. The predicted molar refractivity (Wildman–Crippen MR) is 164 cm³/mol. The van der Waals surface area contributed by atoms with Crippen LogP contribution in [-0.2, 0) is 29.2 Å². The van der Waals surface area contributed by atoms with E-state index in [1.807, 2.05) is 36.4 Å². The largest absolute Gasteiger partial charge is 0.416 e. The number of carbonyl (C=O) groups excluding carboxylic acids is 1. The lowest BCUT2D eigenvalue weighted by Gasteiger charge is -2.43. The minimum atomic E-state index is -4.91. The topological polar surface area (TPSA) is 35.6 Å². The van der Waals surface area contributed by atoms with Crippen LogP contribution in [0.5, 0.6) is 0 Å².